The van der Waals surface area contributed by atoms with Gasteiger partial charge in [-0.05, 0) is 55.1 Å². The number of fused-ring (bicyclic) bond motifs is 1. The van der Waals surface area contributed by atoms with E-state index in [1.54, 1.807) is 6.33 Å². The van der Waals surface area contributed by atoms with Gasteiger partial charge in [-0.15, -0.1) is 0 Å². The van der Waals surface area contributed by atoms with Gasteiger partial charge in [0.05, 0.1) is 17.4 Å². The van der Waals surface area contributed by atoms with Gasteiger partial charge < -0.3 is 19.9 Å². The molecule has 1 saturated carbocycles. The van der Waals surface area contributed by atoms with Crippen LogP contribution in [0, 0.1) is 5.92 Å². The molecule has 0 unspecified atom stereocenters. The molecule has 41 heavy (non-hydrogen) atoms. The molecule has 0 bridgehead atoms. The maximum atomic E-state index is 10.6. The predicted octanol–water partition coefficient (Wildman–Crippen LogP) is 7.02. The lowest BCUT2D eigenvalue weighted by Gasteiger charge is -2.29. The molecule has 3 aromatic rings. The summed E-state index contributed by atoms with van der Waals surface area (Å²) in [7, 11) is 0. The largest absolute Gasteiger partial charge is 0.490 e. The average Bonchev–Trinajstić information content (AvgIpc) is 3.38. The van der Waals surface area contributed by atoms with Crippen LogP contribution in [-0.2, 0) is 16.1 Å². The van der Waals surface area contributed by atoms with Gasteiger partial charge in [0.2, 0.25) is 0 Å². The smallest absolute Gasteiger partial charge is 0.475 e. The van der Waals surface area contributed by atoms with Crippen LogP contribution in [0.2, 0.25) is 0 Å². The quantitative estimate of drug-likeness (QED) is 0.253. The number of benzene rings is 2. The number of imidazole rings is 1. The summed E-state index contributed by atoms with van der Waals surface area (Å²) in [6.45, 7) is 5.64. The average molecular weight is 592 g/mol. The molecule has 1 fully saturated rings. The van der Waals surface area contributed by atoms with E-state index >= 15 is 0 Å². The first-order chi connectivity index (χ1) is 19.2. The minimum absolute atomic E-state index is 0.826. The number of H-pyrrole nitrogens is 1. The standard InChI is InChI=1S/C23H29N3O.2C2HF3O2/c1-2-26(15-18-6-4-3-5-7-18)16-19-8-10-20(11-9-19)27-21-12-13-22-23(14-21)25-17-24-22;2*3-2(4,5)1(6)7/h8-14,17-18H,2-7,15-16H2,1H3,(H,24,25);2*(H,6,7). The van der Waals surface area contributed by atoms with E-state index < -0.39 is 24.3 Å². The van der Waals surface area contributed by atoms with Gasteiger partial charge in [-0.25, -0.2) is 14.6 Å². The Kier molecular flexibility index (Phi) is 12.4. The van der Waals surface area contributed by atoms with Crippen molar-refractivity contribution in [2.24, 2.45) is 5.92 Å². The Hall–Kier alpha value is -3.81. The van der Waals surface area contributed by atoms with Crippen molar-refractivity contribution in [1.82, 2.24) is 14.9 Å². The number of carbonyl (C=O) groups is 2. The number of rotatable bonds is 7. The lowest BCUT2D eigenvalue weighted by atomic mass is 9.89. The summed E-state index contributed by atoms with van der Waals surface area (Å²) in [5, 5.41) is 14.2. The first-order valence-corrected chi connectivity index (χ1v) is 12.7. The van der Waals surface area contributed by atoms with Gasteiger partial charge in [0.1, 0.15) is 11.5 Å². The van der Waals surface area contributed by atoms with Crippen molar-refractivity contribution in [1.29, 1.82) is 0 Å². The number of hydrogen-bond acceptors (Lipinski definition) is 5. The molecule has 4 rings (SSSR count). The first kappa shape index (κ1) is 33.4. The molecule has 0 aliphatic heterocycles. The van der Waals surface area contributed by atoms with Gasteiger partial charge in [-0.2, -0.15) is 26.3 Å². The summed E-state index contributed by atoms with van der Waals surface area (Å²) in [5.41, 5.74) is 3.30. The third kappa shape index (κ3) is 12.1. The van der Waals surface area contributed by atoms with E-state index in [1.807, 2.05) is 18.2 Å². The van der Waals surface area contributed by atoms with E-state index in [0.29, 0.717) is 0 Å². The molecule has 2 aromatic carbocycles. The van der Waals surface area contributed by atoms with Crippen molar-refractivity contribution < 1.29 is 50.9 Å². The topological polar surface area (TPSA) is 116 Å². The number of aliphatic carboxylic acids is 2. The minimum atomic E-state index is -5.08. The summed E-state index contributed by atoms with van der Waals surface area (Å²) in [5.74, 6) is -2.93. The van der Waals surface area contributed by atoms with Crippen LogP contribution in [0.3, 0.4) is 0 Å². The number of nitrogens with zero attached hydrogens (tertiary/aromatic N) is 2. The van der Waals surface area contributed by atoms with Crippen LogP contribution >= 0.6 is 0 Å². The molecule has 14 heteroatoms. The highest BCUT2D eigenvalue weighted by atomic mass is 19.4. The van der Waals surface area contributed by atoms with Crippen LogP contribution in [0.1, 0.15) is 44.6 Å². The maximum Gasteiger partial charge on any atom is 0.490 e. The number of ether oxygens (including phenoxy) is 1. The van der Waals surface area contributed by atoms with E-state index in [2.05, 4.69) is 46.1 Å². The third-order valence-corrected chi connectivity index (χ3v) is 6.13. The molecule has 3 N–H and O–H groups in total. The lowest BCUT2D eigenvalue weighted by Crippen LogP contribution is -2.30. The Balaban J connectivity index is 0.000000349. The van der Waals surface area contributed by atoms with E-state index in [9.17, 15) is 26.3 Å². The molecule has 0 radical (unpaired) electrons. The van der Waals surface area contributed by atoms with Crippen molar-refractivity contribution in [3.8, 4) is 11.5 Å². The summed E-state index contributed by atoms with van der Waals surface area (Å²) in [6.07, 6.45) is -1.39. The zero-order valence-electron chi connectivity index (χ0n) is 22.1. The second-order valence-electron chi connectivity index (χ2n) is 9.27. The maximum absolute atomic E-state index is 10.6. The molecule has 0 saturated heterocycles. The summed E-state index contributed by atoms with van der Waals surface area (Å²) < 4.78 is 69.5. The second kappa shape index (κ2) is 15.3. The summed E-state index contributed by atoms with van der Waals surface area (Å²) >= 11 is 0. The van der Waals surface area contributed by atoms with Gasteiger partial charge >= 0.3 is 24.3 Å². The second-order valence-corrected chi connectivity index (χ2v) is 9.27. The Morgan fingerprint density at radius 1 is 0.927 bits per heavy atom. The molecular weight excluding hydrogens is 560 g/mol. The van der Waals surface area contributed by atoms with Crippen LogP contribution in [0.4, 0.5) is 26.3 Å². The zero-order valence-corrected chi connectivity index (χ0v) is 22.1. The molecule has 1 aliphatic carbocycles. The van der Waals surface area contributed by atoms with Gasteiger partial charge in [-0.3, -0.25) is 4.90 Å². The Bertz CT molecular complexity index is 1210. The molecule has 0 spiro atoms. The van der Waals surface area contributed by atoms with Crippen molar-refractivity contribution >= 4 is 23.0 Å². The third-order valence-electron chi connectivity index (χ3n) is 6.13. The van der Waals surface area contributed by atoms with Crippen LogP contribution < -0.4 is 4.74 Å². The normalized spacial score (nSPS) is 14.0. The number of aromatic nitrogens is 2. The Morgan fingerprint density at radius 2 is 1.46 bits per heavy atom. The van der Waals surface area contributed by atoms with E-state index in [4.69, 9.17) is 24.5 Å². The van der Waals surface area contributed by atoms with Gasteiger partial charge in [-0.1, -0.05) is 38.3 Å². The number of hydrogen-bond donors (Lipinski definition) is 3. The number of aromatic amines is 1. The summed E-state index contributed by atoms with van der Waals surface area (Å²) in [6, 6.07) is 14.4. The number of halogens is 6. The highest BCUT2D eigenvalue weighted by molar-refractivity contribution is 5.76. The van der Waals surface area contributed by atoms with Crippen molar-refractivity contribution in [3.05, 3.63) is 54.4 Å². The van der Waals surface area contributed by atoms with Crippen LogP contribution in [-0.4, -0.2) is 62.5 Å². The van der Waals surface area contributed by atoms with Crippen LogP contribution in [0.15, 0.2) is 48.8 Å². The number of nitrogens with one attached hydrogen (secondary N) is 1. The Labute approximate surface area is 231 Å². The molecule has 0 amide bonds. The van der Waals surface area contributed by atoms with E-state index in [-0.39, 0.29) is 0 Å². The number of alkyl halides is 6. The lowest BCUT2D eigenvalue weighted by molar-refractivity contribution is -0.193. The molecule has 0 atom stereocenters. The fraction of sp³-hybridized carbons (Fsp3) is 0.444. The summed E-state index contributed by atoms with van der Waals surface area (Å²) in [4.78, 5) is 27.7. The van der Waals surface area contributed by atoms with Crippen molar-refractivity contribution in [2.75, 3.05) is 13.1 Å². The van der Waals surface area contributed by atoms with Crippen LogP contribution in [0.5, 0.6) is 11.5 Å². The van der Waals surface area contributed by atoms with Crippen LogP contribution in [0.25, 0.3) is 11.0 Å². The predicted molar refractivity (Wildman–Crippen MR) is 138 cm³/mol. The van der Waals surface area contributed by atoms with E-state index in [1.165, 1.54) is 44.2 Å². The van der Waals surface area contributed by atoms with Gasteiger partial charge in [0.25, 0.3) is 0 Å². The Morgan fingerprint density at radius 3 is 1.98 bits per heavy atom. The molecule has 1 heterocycles. The molecule has 8 nitrogen and oxygen atoms in total. The highest BCUT2D eigenvalue weighted by Crippen LogP contribution is 2.27. The molecule has 1 aliphatic rings. The SMILES string of the molecule is CCN(Cc1ccc(Oc2ccc3nc[nH]c3c2)cc1)CC1CCCCC1.O=C(O)C(F)(F)F.O=C(O)C(F)(F)F. The van der Waals surface area contributed by atoms with E-state index in [0.717, 1.165) is 41.5 Å². The number of carboxylic acids is 2. The van der Waals surface area contributed by atoms with Crippen molar-refractivity contribution in [3.63, 3.8) is 0 Å². The van der Waals surface area contributed by atoms with Gasteiger partial charge in [0, 0.05) is 19.2 Å². The fourth-order valence-electron chi connectivity index (χ4n) is 4.08. The zero-order chi connectivity index (χ0) is 30.6. The first-order valence-electron chi connectivity index (χ1n) is 12.7. The van der Waals surface area contributed by atoms with Crippen molar-refractivity contribution in [2.45, 2.75) is 57.9 Å². The molecular formula is C27H31F6N3O5. The highest BCUT2D eigenvalue weighted by Gasteiger charge is 2.38. The molecule has 226 valence electrons. The fourth-order valence-corrected chi connectivity index (χ4v) is 4.08. The number of carboxylic acid groups (broad SMARTS) is 2. The molecule has 1 aromatic heterocycles. The minimum Gasteiger partial charge on any atom is -0.475 e. The van der Waals surface area contributed by atoms with Gasteiger partial charge in [0.15, 0.2) is 0 Å². The monoisotopic (exact) mass is 591 g/mol.